The lowest BCUT2D eigenvalue weighted by Gasteiger charge is -2.07. The molecule has 1 aliphatic rings. The van der Waals surface area contributed by atoms with Crippen LogP contribution in [0.3, 0.4) is 0 Å². The van der Waals surface area contributed by atoms with Gasteiger partial charge in [-0.3, -0.25) is 4.79 Å². The van der Waals surface area contributed by atoms with Gasteiger partial charge in [0.2, 0.25) is 0 Å². The lowest BCUT2D eigenvalue weighted by molar-refractivity contribution is 0.659. The number of hydrogen-bond acceptors (Lipinski definition) is 4. The van der Waals surface area contributed by atoms with Gasteiger partial charge >= 0.3 is 0 Å². The molecule has 0 radical (unpaired) electrons. The van der Waals surface area contributed by atoms with Crippen LogP contribution in [0.25, 0.3) is 0 Å². The Hall–Kier alpha value is -1.07. The van der Waals surface area contributed by atoms with Crippen molar-refractivity contribution in [3.63, 3.8) is 0 Å². The van der Waals surface area contributed by atoms with E-state index in [-0.39, 0.29) is 10.6 Å². The molecule has 2 rings (SSSR count). The third-order valence-electron chi connectivity index (χ3n) is 2.47. The molecule has 0 bridgehead atoms. The summed E-state index contributed by atoms with van der Waals surface area (Å²) in [5, 5.41) is 12.6. The Bertz CT molecular complexity index is 402. The zero-order chi connectivity index (χ0) is 11.4. The highest BCUT2D eigenvalue weighted by atomic mass is 35.5. The molecule has 0 atom stereocenters. The molecule has 5 nitrogen and oxygen atoms in total. The molecular weight excluding hydrogens is 228 g/mol. The van der Waals surface area contributed by atoms with E-state index < -0.39 is 0 Å². The zero-order valence-electron chi connectivity index (χ0n) is 8.92. The highest BCUT2D eigenvalue weighted by Crippen LogP contribution is 2.18. The van der Waals surface area contributed by atoms with E-state index in [1.165, 1.54) is 19.0 Å². The quantitative estimate of drug-likeness (QED) is 0.651. The normalized spacial score (nSPS) is 15.1. The maximum atomic E-state index is 11.1. The number of rotatable bonds is 6. The van der Waals surface area contributed by atoms with Gasteiger partial charge in [-0.25, -0.2) is 5.10 Å². The molecule has 0 amide bonds. The topological polar surface area (TPSA) is 69.8 Å². The van der Waals surface area contributed by atoms with E-state index in [1.807, 2.05) is 0 Å². The summed E-state index contributed by atoms with van der Waals surface area (Å²) >= 11 is 5.80. The summed E-state index contributed by atoms with van der Waals surface area (Å²) in [7, 11) is 0. The summed E-state index contributed by atoms with van der Waals surface area (Å²) in [5.41, 5.74) is 0.236. The van der Waals surface area contributed by atoms with Crippen molar-refractivity contribution >= 4 is 17.3 Å². The van der Waals surface area contributed by atoms with Gasteiger partial charge in [0, 0.05) is 12.6 Å². The molecule has 1 fully saturated rings. The first-order chi connectivity index (χ1) is 7.77. The fourth-order valence-electron chi connectivity index (χ4n) is 1.41. The van der Waals surface area contributed by atoms with Gasteiger partial charge in [0.1, 0.15) is 5.02 Å². The van der Waals surface area contributed by atoms with Gasteiger partial charge < -0.3 is 10.6 Å². The van der Waals surface area contributed by atoms with Crippen molar-refractivity contribution in [2.45, 2.75) is 25.3 Å². The minimum Gasteiger partial charge on any atom is -0.382 e. The lowest BCUT2D eigenvalue weighted by atomic mass is 10.4. The molecule has 1 aromatic rings. The van der Waals surface area contributed by atoms with Crippen LogP contribution in [0.1, 0.15) is 19.3 Å². The molecule has 0 spiro atoms. The minimum absolute atomic E-state index is 0.171. The molecule has 1 heterocycles. The molecular formula is C10H15ClN4O. The first kappa shape index (κ1) is 11.4. The highest BCUT2D eigenvalue weighted by molar-refractivity contribution is 6.32. The van der Waals surface area contributed by atoms with E-state index in [4.69, 9.17) is 11.6 Å². The number of nitrogens with zero attached hydrogens (tertiary/aromatic N) is 1. The Kier molecular flexibility index (Phi) is 3.79. The van der Waals surface area contributed by atoms with Crippen LogP contribution in [0, 0.1) is 0 Å². The molecule has 1 aliphatic carbocycles. The van der Waals surface area contributed by atoms with Crippen LogP contribution in [0.5, 0.6) is 0 Å². The maximum absolute atomic E-state index is 11.1. The lowest BCUT2D eigenvalue weighted by Crippen LogP contribution is -2.20. The smallest absolute Gasteiger partial charge is 0.285 e. The van der Waals surface area contributed by atoms with Crippen LogP contribution < -0.4 is 16.2 Å². The predicted octanol–water partition coefficient (Wildman–Crippen LogP) is 0.977. The summed E-state index contributed by atoms with van der Waals surface area (Å²) in [6, 6.07) is 0.741. The number of anilines is 1. The molecule has 3 N–H and O–H groups in total. The third-order valence-corrected chi connectivity index (χ3v) is 2.85. The fraction of sp³-hybridized carbons (Fsp3) is 0.600. The molecule has 1 aromatic heterocycles. The number of hydrogen-bond donors (Lipinski definition) is 3. The third kappa shape index (κ3) is 3.21. The van der Waals surface area contributed by atoms with E-state index in [0.717, 1.165) is 25.6 Å². The molecule has 1 saturated carbocycles. The summed E-state index contributed by atoms with van der Waals surface area (Å²) in [6.45, 7) is 1.77. The van der Waals surface area contributed by atoms with Crippen molar-refractivity contribution in [1.29, 1.82) is 0 Å². The van der Waals surface area contributed by atoms with E-state index in [2.05, 4.69) is 20.8 Å². The molecule has 16 heavy (non-hydrogen) atoms. The second-order valence-electron chi connectivity index (χ2n) is 3.94. The van der Waals surface area contributed by atoms with Crippen LogP contribution in [-0.2, 0) is 0 Å². The van der Waals surface area contributed by atoms with Gasteiger partial charge in [0.05, 0.1) is 11.9 Å². The molecule has 0 saturated heterocycles. The van der Waals surface area contributed by atoms with Gasteiger partial charge in [-0.2, -0.15) is 5.10 Å². The van der Waals surface area contributed by atoms with Crippen LogP contribution in [0.4, 0.5) is 5.69 Å². The fourth-order valence-corrected chi connectivity index (χ4v) is 1.57. The minimum atomic E-state index is -0.359. The predicted molar refractivity (Wildman–Crippen MR) is 64.0 cm³/mol. The first-order valence-electron chi connectivity index (χ1n) is 5.48. The van der Waals surface area contributed by atoms with Crippen molar-refractivity contribution in [2.75, 3.05) is 18.4 Å². The van der Waals surface area contributed by atoms with Crippen molar-refractivity contribution in [2.24, 2.45) is 0 Å². The summed E-state index contributed by atoms with van der Waals surface area (Å²) in [4.78, 5) is 11.1. The van der Waals surface area contributed by atoms with Gasteiger partial charge in [0.15, 0.2) is 0 Å². The first-order valence-corrected chi connectivity index (χ1v) is 5.85. The molecule has 88 valence electrons. The van der Waals surface area contributed by atoms with Gasteiger partial charge in [0.25, 0.3) is 5.56 Å². The van der Waals surface area contributed by atoms with E-state index in [1.54, 1.807) is 0 Å². The van der Waals surface area contributed by atoms with E-state index >= 15 is 0 Å². The average Bonchev–Trinajstić information content (AvgIpc) is 3.07. The number of halogens is 1. The second kappa shape index (κ2) is 5.32. The van der Waals surface area contributed by atoms with Crippen LogP contribution in [-0.4, -0.2) is 29.3 Å². The van der Waals surface area contributed by atoms with Gasteiger partial charge in [-0.1, -0.05) is 11.6 Å². The zero-order valence-corrected chi connectivity index (χ0v) is 9.68. The monoisotopic (exact) mass is 242 g/mol. The Morgan fingerprint density at radius 2 is 2.31 bits per heavy atom. The molecule has 6 heteroatoms. The summed E-state index contributed by atoms with van der Waals surface area (Å²) < 4.78 is 0. The summed E-state index contributed by atoms with van der Waals surface area (Å²) in [6.07, 6.45) is 5.13. The van der Waals surface area contributed by atoms with E-state index in [9.17, 15) is 4.79 Å². The van der Waals surface area contributed by atoms with Crippen molar-refractivity contribution in [1.82, 2.24) is 15.5 Å². The Balaban J connectivity index is 1.71. The van der Waals surface area contributed by atoms with Crippen LogP contribution in [0.2, 0.25) is 5.02 Å². The number of aromatic amines is 1. The molecule has 0 aromatic carbocycles. The Morgan fingerprint density at radius 3 is 3.06 bits per heavy atom. The van der Waals surface area contributed by atoms with E-state index in [0.29, 0.717) is 5.69 Å². The second-order valence-corrected chi connectivity index (χ2v) is 4.31. The number of H-pyrrole nitrogens is 1. The summed E-state index contributed by atoms with van der Waals surface area (Å²) in [5.74, 6) is 0. The number of nitrogens with one attached hydrogen (secondary N) is 3. The Morgan fingerprint density at radius 1 is 1.50 bits per heavy atom. The Labute approximate surface area is 98.6 Å². The van der Waals surface area contributed by atoms with Crippen molar-refractivity contribution < 1.29 is 0 Å². The largest absolute Gasteiger partial charge is 0.382 e. The molecule has 0 aliphatic heterocycles. The van der Waals surface area contributed by atoms with Gasteiger partial charge in [-0.15, -0.1) is 0 Å². The average molecular weight is 243 g/mol. The standard InChI is InChI=1S/C10H15ClN4O/c11-9-8(6-14-15-10(9)16)13-5-1-4-12-7-2-3-7/h6-7,12H,1-5H2,(H2,13,15,16). The highest BCUT2D eigenvalue weighted by Gasteiger charge is 2.19. The van der Waals surface area contributed by atoms with Crippen molar-refractivity contribution in [3.8, 4) is 0 Å². The molecule has 0 unspecified atom stereocenters. The van der Waals surface area contributed by atoms with Crippen molar-refractivity contribution in [3.05, 3.63) is 21.6 Å². The number of aromatic nitrogens is 2. The maximum Gasteiger partial charge on any atom is 0.285 e. The van der Waals surface area contributed by atoms with Crippen LogP contribution >= 0.6 is 11.6 Å². The van der Waals surface area contributed by atoms with Gasteiger partial charge in [-0.05, 0) is 25.8 Å². The SMILES string of the molecule is O=c1[nH]ncc(NCCCNC2CC2)c1Cl. The van der Waals surface area contributed by atoms with Crippen LogP contribution in [0.15, 0.2) is 11.0 Å².